The third kappa shape index (κ3) is 11.3. The predicted octanol–water partition coefficient (Wildman–Crippen LogP) is 5.58. The summed E-state index contributed by atoms with van der Waals surface area (Å²) in [6, 6.07) is 35.8. The molecule has 5 N–H and O–H groups in total. The van der Waals surface area contributed by atoms with Crippen LogP contribution < -0.4 is 26.7 Å². The second-order valence-corrected chi connectivity index (χ2v) is 14.1. The molecule has 0 radical (unpaired) electrons. The van der Waals surface area contributed by atoms with Crippen molar-refractivity contribution in [2.24, 2.45) is 5.92 Å². The van der Waals surface area contributed by atoms with Gasteiger partial charge in [-0.3, -0.25) is 24.8 Å². The van der Waals surface area contributed by atoms with E-state index in [9.17, 15) is 19.2 Å². The molecule has 5 amide bonds. The molecule has 0 bridgehead atoms. The molecule has 0 saturated carbocycles. The number of carbonyl (C=O) groups excluding carboxylic acids is 4. The molecule has 5 rings (SSSR count). The van der Waals surface area contributed by atoms with E-state index in [0.717, 1.165) is 22.1 Å². The molecule has 0 spiro atoms. The predicted molar refractivity (Wildman–Crippen MR) is 228 cm³/mol. The Kier molecular flexibility index (Phi) is 16.1. The fourth-order valence-electron chi connectivity index (χ4n) is 7.27. The van der Waals surface area contributed by atoms with E-state index in [1.807, 2.05) is 142 Å². The number of hydrogen-bond acceptors (Lipinski definition) is 8. The molecule has 13 nitrogen and oxygen atoms in total. The highest BCUT2D eigenvalue weighted by Crippen LogP contribution is 2.37. The summed E-state index contributed by atoms with van der Waals surface area (Å²) in [5.74, 6) is -2.18. The van der Waals surface area contributed by atoms with Gasteiger partial charge in [0.2, 0.25) is 17.7 Å². The molecule has 310 valence electrons. The van der Waals surface area contributed by atoms with Crippen molar-refractivity contribution in [2.45, 2.75) is 58.0 Å². The fourth-order valence-corrected chi connectivity index (χ4v) is 7.27. The number of rotatable bonds is 20. The summed E-state index contributed by atoms with van der Waals surface area (Å²) >= 11 is 0. The fraction of sp³-hybridized carbons (Fsp3) is 0.326. The minimum atomic E-state index is -1.37. The normalized spacial score (nSPS) is 13.0. The lowest BCUT2D eigenvalue weighted by Crippen LogP contribution is -2.56. The highest BCUT2D eigenvalue weighted by Gasteiger charge is 2.40. The van der Waals surface area contributed by atoms with Gasteiger partial charge in [-0.25, -0.2) is 9.80 Å². The molecular weight excluding hydrogens is 747 g/mol. The quantitative estimate of drug-likeness (QED) is 0.0388. The average Bonchev–Trinajstić information content (AvgIpc) is 3.25. The van der Waals surface area contributed by atoms with E-state index >= 15 is 0 Å². The summed E-state index contributed by atoms with van der Waals surface area (Å²) in [4.78, 5) is 60.1. The van der Waals surface area contributed by atoms with Crippen molar-refractivity contribution < 1.29 is 28.7 Å². The third-order valence-corrected chi connectivity index (χ3v) is 9.91. The van der Waals surface area contributed by atoms with Crippen molar-refractivity contribution in [3.05, 3.63) is 150 Å². The van der Waals surface area contributed by atoms with Gasteiger partial charge < -0.3 is 30.7 Å². The Hall–Kier alpha value is -6.15. The van der Waals surface area contributed by atoms with Crippen LogP contribution >= 0.6 is 0 Å². The van der Waals surface area contributed by atoms with Gasteiger partial charge >= 0.3 is 6.03 Å². The second kappa shape index (κ2) is 21.6. The van der Waals surface area contributed by atoms with E-state index in [-0.39, 0.29) is 6.54 Å². The van der Waals surface area contributed by atoms with E-state index < -0.39 is 60.0 Å². The van der Waals surface area contributed by atoms with Crippen LogP contribution in [0.5, 0.6) is 0 Å². The minimum absolute atomic E-state index is 0.311. The van der Waals surface area contributed by atoms with Gasteiger partial charge in [-0.15, -0.1) is 0 Å². The number of fused-ring (bicyclic) bond motifs is 1. The number of nitrogens with one attached hydrogen (secondary N) is 5. The zero-order chi connectivity index (χ0) is 42.2. The number of benzene rings is 4. The summed E-state index contributed by atoms with van der Waals surface area (Å²) in [6.07, 6.45) is 0.548. The summed E-state index contributed by atoms with van der Waals surface area (Å²) in [5, 5.41) is 14.1. The molecule has 59 heavy (non-hydrogen) atoms. The molecule has 0 aliphatic rings. The molecule has 0 saturated heterocycles. The Morgan fingerprint density at radius 3 is 1.81 bits per heavy atom. The lowest BCUT2D eigenvalue weighted by molar-refractivity contribution is -0.170. The highest BCUT2D eigenvalue weighted by molar-refractivity contribution is 5.93. The molecule has 1 aromatic heterocycles. The molecular formula is C46H55N7O6. The number of para-hydroxylation sites is 1. The van der Waals surface area contributed by atoms with Crippen LogP contribution in [0, 0.1) is 5.92 Å². The topological polar surface area (TPSA) is 163 Å². The first-order valence-electron chi connectivity index (χ1n) is 20.0. The molecule has 3 atom stereocenters. The summed E-state index contributed by atoms with van der Waals surface area (Å²) in [6.45, 7) is 8.24. The molecule has 13 heteroatoms. The van der Waals surface area contributed by atoms with Gasteiger partial charge in [0, 0.05) is 49.9 Å². The minimum Gasteiger partial charge on any atom is -0.353 e. The number of likely N-dealkylation sites (N-methyl/N-ethyl adjacent to an activating group) is 1. The van der Waals surface area contributed by atoms with Crippen LogP contribution in [0.25, 0.3) is 10.9 Å². The Morgan fingerprint density at radius 2 is 1.27 bits per heavy atom. The molecule has 1 unspecified atom stereocenters. The molecule has 0 fully saturated rings. The van der Waals surface area contributed by atoms with E-state index in [0.29, 0.717) is 30.8 Å². The second-order valence-electron chi connectivity index (χ2n) is 14.1. The Morgan fingerprint density at radius 1 is 0.712 bits per heavy atom. The monoisotopic (exact) mass is 801 g/mol. The van der Waals surface area contributed by atoms with E-state index in [1.54, 1.807) is 13.1 Å². The van der Waals surface area contributed by atoms with Crippen LogP contribution in [0.15, 0.2) is 128 Å². The maximum Gasteiger partial charge on any atom is 0.329 e. The number of ether oxygens (including phenoxy) is 2. The van der Waals surface area contributed by atoms with Gasteiger partial charge in [0.1, 0.15) is 11.6 Å². The van der Waals surface area contributed by atoms with Gasteiger partial charge in [-0.2, -0.15) is 0 Å². The van der Waals surface area contributed by atoms with Crippen LogP contribution in [0.2, 0.25) is 0 Å². The summed E-state index contributed by atoms with van der Waals surface area (Å²) in [5.41, 5.74) is 5.17. The average molecular weight is 802 g/mol. The standard InChI is InChI=1S/C46H55N7O6/c1-6-47-45(57)52-53(5)31-40(55)49-38(43(56)50-41(32(4)44(58-7-2)59-8-3)37-28-18-20-33-21-19-29-48-42(33)37)30-39(54)51-46(34-22-12-9-13-23-34,35-24-14-10-15-25-35)36-26-16-11-17-27-36/h9-29,32,38,41,44H,6-8,30-31H2,1-5H3,(H,49,55)(H,50,56)(H,51,54)(H2,47,52,57)/t32-,38?,41-/m0/s1. The number of carbonyl (C=O) groups is 4. The van der Waals surface area contributed by atoms with Crippen LogP contribution in [0.1, 0.15) is 62.4 Å². The lowest BCUT2D eigenvalue weighted by atomic mass is 9.77. The molecule has 0 aliphatic carbocycles. The van der Waals surface area contributed by atoms with E-state index in [1.165, 1.54) is 12.1 Å². The molecule has 4 aromatic carbocycles. The number of pyridine rings is 1. The molecule has 1 heterocycles. The first-order valence-corrected chi connectivity index (χ1v) is 20.0. The van der Waals surface area contributed by atoms with Crippen molar-refractivity contribution in [3.63, 3.8) is 0 Å². The van der Waals surface area contributed by atoms with Crippen LogP contribution in [-0.4, -0.2) is 79.4 Å². The van der Waals surface area contributed by atoms with Crippen molar-refractivity contribution in [1.29, 1.82) is 0 Å². The van der Waals surface area contributed by atoms with Crippen molar-refractivity contribution in [1.82, 2.24) is 36.7 Å². The third-order valence-electron chi connectivity index (χ3n) is 9.91. The summed E-state index contributed by atoms with van der Waals surface area (Å²) < 4.78 is 12.1. The van der Waals surface area contributed by atoms with Crippen molar-refractivity contribution in [2.75, 3.05) is 33.4 Å². The number of amides is 5. The van der Waals surface area contributed by atoms with Gasteiger partial charge in [0.15, 0.2) is 6.29 Å². The van der Waals surface area contributed by atoms with Gasteiger partial charge in [-0.1, -0.05) is 122 Å². The first kappa shape index (κ1) is 44.0. The van der Waals surface area contributed by atoms with E-state index in [2.05, 4.69) is 31.7 Å². The Balaban J connectivity index is 1.54. The molecule has 0 aliphatic heterocycles. The van der Waals surface area contributed by atoms with Gasteiger partial charge in [-0.05, 0) is 43.5 Å². The van der Waals surface area contributed by atoms with Crippen LogP contribution in [0.3, 0.4) is 0 Å². The summed E-state index contributed by atoms with van der Waals surface area (Å²) in [7, 11) is 1.53. The zero-order valence-electron chi connectivity index (χ0n) is 34.3. The smallest absolute Gasteiger partial charge is 0.329 e. The maximum atomic E-state index is 14.8. The number of hydrazine groups is 1. The van der Waals surface area contributed by atoms with Crippen LogP contribution in [-0.2, 0) is 29.4 Å². The maximum absolute atomic E-state index is 14.8. The SMILES string of the molecule is CCNC(=O)NN(C)CC(=O)NC(CC(=O)NC(c1ccccc1)(c1ccccc1)c1ccccc1)C(=O)N[C@H](c1cccc2cccnc12)[C@H](C)C(OCC)OCC. The number of nitrogens with zero attached hydrogens (tertiary/aromatic N) is 2. The van der Waals surface area contributed by atoms with Gasteiger partial charge in [0.05, 0.1) is 24.5 Å². The Bertz CT molecular complexity index is 2010. The highest BCUT2D eigenvalue weighted by atomic mass is 16.7. The first-order chi connectivity index (χ1) is 28.6. The van der Waals surface area contributed by atoms with Crippen molar-refractivity contribution in [3.8, 4) is 0 Å². The lowest BCUT2D eigenvalue weighted by Gasteiger charge is -2.37. The largest absolute Gasteiger partial charge is 0.353 e. The van der Waals surface area contributed by atoms with E-state index in [4.69, 9.17) is 9.47 Å². The van der Waals surface area contributed by atoms with Crippen LogP contribution in [0.4, 0.5) is 4.79 Å². The Labute approximate surface area is 346 Å². The van der Waals surface area contributed by atoms with Crippen molar-refractivity contribution >= 4 is 34.7 Å². The number of aromatic nitrogens is 1. The number of hydrogen-bond donors (Lipinski definition) is 5. The molecule has 5 aromatic rings. The zero-order valence-corrected chi connectivity index (χ0v) is 34.3. The van der Waals surface area contributed by atoms with Gasteiger partial charge in [0.25, 0.3) is 0 Å². The number of urea groups is 1.